The quantitative estimate of drug-likeness (QED) is 0.227. The molecule has 0 aromatic carbocycles. The van der Waals surface area contributed by atoms with Gasteiger partial charge in [-0.15, -0.1) is 0 Å². The normalized spacial score (nSPS) is 14.5. The smallest absolute Gasteiger partial charge is 0.338 e. The zero-order chi connectivity index (χ0) is 23.7. The summed E-state index contributed by atoms with van der Waals surface area (Å²) in [6.45, 7) is 21.6. The van der Waals surface area contributed by atoms with Crippen molar-refractivity contribution in [3.63, 3.8) is 0 Å². The maximum Gasteiger partial charge on any atom is 0.338 e. The van der Waals surface area contributed by atoms with Crippen molar-refractivity contribution in [2.75, 3.05) is 0 Å². The molecular formula is C27H46O3. The Bertz CT molecular complexity index is 605. The Morgan fingerprint density at radius 1 is 1.03 bits per heavy atom. The molecule has 0 spiro atoms. The Hall–Kier alpha value is -1.87. The van der Waals surface area contributed by atoms with Crippen molar-refractivity contribution in [2.24, 2.45) is 5.92 Å². The maximum atomic E-state index is 12.1. The van der Waals surface area contributed by atoms with Gasteiger partial charge in [-0.3, -0.25) is 0 Å². The molecule has 0 radical (unpaired) electrons. The zero-order valence-corrected chi connectivity index (χ0v) is 20.9. The third kappa shape index (κ3) is 15.0. The lowest BCUT2D eigenvalue weighted by atomic mass is 9.97. The average Bonchev–Trinajstić information content (AvgIpc) is 2.69. The molecular weight excluding hydrogens is 372 g/mol. The monoisotopic (exact) mass is 418 g/mol. The third-order valence-corrected chi connectivity index (χ3v) is 4.50. The standard InChI is InChI=1S/C23H36O3.C4H10/c1-9-19(10-2)16-15-18(5)21(24)17(4)13-12-14-20(11-3)22(25)26-23(6,7)8;1-3-4-2/h11-17,21,24H,3,9-10H2,1-2,4-8H3;3-4H2,1-2H3/b13-12+,18-15+,20-14+;. The van der Waals surface area contributed by atoms with Gasteiger partial charge in [0, 0.05) is 5.92 Å². The minimum absolute atomic E-state index is 0.0766. The van der Waals surface area contributed by atoms with E-state index in [4.69, 9.17) is 4.74 Å². The fourth-order valence-electron chi connectivity index (χ4n) is 2.24. The Balaban J connectivity index is 0. The molecule has 0 bridgehead atoms. The van der Waals surface area contributed by atoms with Crippen LogP contribution in [0.15, 0.2) is 59.8 Å². The highest BCUT2D eigenvalue weighted by Crippen LogP contribution is 2.16. The summed E-state index contributed by atoms with van der Waals surface area (Å²) in [6.07, 6.45) is 15.0. The van der Waals surface area contributed by atoms with Crippen molar-refractivity contribution in [1.29, 1.82) is 0 Å². The summed E-state index contributed by atoms with van der Waals surface area (Å²) in [5.41, 5.74) is 2.12. The molecule has 0 fully saturated rings. The molecule has 2 unspecified atom stereocenters. The number of carbonyl (C=O) groups excluding carboxylic acids is 1. The first-order chi connectivity index (χ1) is 14.0. The van der Waals surface area contributed by atoms with Gasteiger partial charge in [-0.05, 0) is 52.2 Å². The number of rotatable bonds is 10. The number of aliphatic hydroxyl groups excluding tert-OH is 1. The van der Waals surface area contributed by atoms with Crippen LogP contribution in [0.5, 0.6) is 0 Å². The van der Waals surface area contributed by atoms with Crippen LogP contribution in [0.2, 0.25) is 0 Å². The SMILES string of the molecule is C=C/C(=C\C=C\C(C)C(O)/C(C)=C/C=C(CC)CC)C(=O)OC(C)(C)C.CCCC. The van der Waals surface area contributed by atoms with Gasteiger partial charge in [0.25, 0.3) is 0 Å². The first-order valence-corrected chi connectivity index (χ1v) is 11.3. The fourth-order valence-corrected chi connectivity index (χ4v) is 2.24. The van der Waals surface area contributed by atoms with Gasteiger partial charge in [0.05, 0.1) is 11.7 Å². The summed E-state index contributed by atoms with van der Waals surface area (Å²) in [5.74, 6) is -0.481. The van der Waals surface area contributed by atoms with Crippen LogP contribution in [0, 0.1) is 5.92 Å². The second kappa shape index (κ2) is 16.9. The molecule has 0 aliphatic heterocycles. The lowest BCUT2D eigenvalue weighted by molar-refractivity contribution is -0.149. The summed E-state index contributed by atoms with van der Waals surface area (Å²) < 4.78 is 5.33. The van der Waals surface area contributed by atoms with E-state index in [1.165, 1.54) is 24.5 Å². The number of aliphatic hydroxyl groups is 1. The second-order valence-corrected chi connectivity index (χ2v) is 8.46. The number of allylic oxidation sites excluding steroid dienone is 5. The van der Waals surface area contributed by atoms with Crippen LogP contribution < -0.4 is 0 Å². The maximum absolute atomic E-state index is 12.1. The predicted molar refractivity (Wildman–Crippen MR) is 131 cm³/mol. The van der Waals surface area contributed by atoms with Crippen LogP contribution in [-0.2, 0) is 9.53 Å². The highest BCUT2D eigenvalue weighted by molar-refractivity contribution is 5.92. The van der Waals surface area contributed by atoms with Gasteiger partial charge in [0.15, 0.2) is 0 Å². The first kappa shape index (κ1) is 30.3. The number of unbranched alkanes of at least 4 members (excludes halogenated alkanes) is 1. The van der Waals surface area contributed by atoms with Gasteiger partial charge >= 0.3 is 5.97 Å². The molecule has 3 nitrogen and oxygen atoms in total. The molecule has 2 atom stereocenters. The van der Waals surface area contributed by atoms with Crippen LogP contribution in [0.4, 0.5) is 0 Å². The largest absolute Gasteiger partial charge is 0.456 e. The number of carbonyl (C=O) groups is 1. The predicted octanol–water partition coefficient (Wildman–Crippen LogP) is 7.49. The minimum atomic E-state index is -0.570. The molecule has 0 aromatic heterocycles. The summed E-state index contributed by atoms with van der Waals surface area (Å²) in [6, 6.07) is 0. The van der Waals surface area contributed by atoms with E-state index in [1.807, 2.05) is 46.8 Å². The van der Waals surface area contributed by atoms with Crippen LogP contribution in [0.3, 0.4) is 0 Å². The van der Waals surface area contributed by atoms with E-state index in [9.17, 15) is 9.90 Å². The molecule has 0 aliphatic carbocycles. The van der Waals surface area contributed by atoms with E-state index in [0.29, 0.717) is 5.57 Å². The van der Waals surface area contributed by atoms with Crippen molar-refractivity contribution in [3.05, 3.63) is 59.8 Å². The molecule has 1 N–H and O–H groups in total. The molecule has 0 aliphatic rings. The number of hydrogen-bond acceptors (Lipinski definition) is 3. The molecule has 0 heterocycles. The Morgan fingerprint density at radius 2 is 1.57 bits per heavy atom. The summed E-state index contributed by atoms with van der Waals surface area (Å²) in [4.78, 5) is 12.1. The van der Waals surface area contributed by atoms with Gasteiger partial charge in [-0.25, -0.2) is 4.79 Å². The summed E-state index contributed by atoms with van der Waals surface area (Å²) in [5, 5.41) is 10.4. The van der Waals surface area contributed by atoms with Crippen molar-refractivity contribution in [1.82, 2.24) is 0 Å². The summed E-state index contributed by atoms with van der Waals surface area (Å²) in [7, 11) is 0. The second-order valence-electron chi connectivity index (χ2n) is 8.46. The van der Waals surface area contributed by atoms with Crippen molar-refractivity contribution in [2.45, 2.75) is 99.7 Å². The van der Waals surface area contributed by atoms with Gasteiger partial charge in [0.1, 0.15) is 5.60 Å². The van der Waals surface area contributed by atoms with Crippen LogP contribution >= 0.6 is 0 Å². The van der Waals surface area contributed by atoms with E-state index in [1.54, 1.807) is 12.2 Å². The Morgan fingerprint density at radius 3 is 1.97 bits per heavy atom. The molecule has 30 heavy (non-hydrogen) atoms. The molecule has 3 heteroatoms. The van der Waals surface area contributed by atoms with Crippen LogP contribution in [0.25, 0.3) is 0 Å². The molecule has 0 saturated carbocycles. The van der Waals surface area contributed by atoms with Crippen LogP contribution in [0.1, 0.15) is 88.0 Å². The number of esters is 1. The van der Waals surface area contributed by atoms with Gasteiger partial charge in [-0.1, -0.05) is 90.0 Å². The van der Waals surface area contributed by atoms with Gasteiger partial charge in [0.2, 0.25) is 0 Å². The van der Waals surface area contributed by atoms with Crippen molar-refractivity contribution in [3.8, 4) is 0 Å². The van der Waals surface area contributed by atoms with E-state index >= 15 is 0 Å². The molecule has 172 valence electrons. The van der Waals surface area contributed by atoms with E-state index in [-0.39, 0.29) is 5.92 Å². The molecule has 0 aromatic rings. The molecule has 0 amide bonds. The number of hydrogen-bond donors (Lipinski definition) is 1. The van der Waals surface area contributed by atoms with E-state index in [2.05, 4.69) is 40.3 Å². The average molecular weight is 419 g/mol. The first-order valence-electron chi connectivity index (χ1n) is 11.3. The minimum Gasteiger partial charge on any atom is -0.456 e. The summed E-state index contributed by atoms with van der Waals surface area (Å²) >= 11 is 0. The Kier molecular flexibility index (Phi) is 17.1. The van der Waals surface area contributed by atoms with Crippen LogP contribution in [-0.4, -0.2) is 22.8 Å². The number of ether oxygens (including phenoxy) is 1. The molecule has 0 saturated heterocycles. The Labute approximate surface area is 186 Å². The van der Waals surface area contributed by atoms with Gasteiger partial charge in [-0.2, -0.15) is 0 Å². The van der Waals surface area contributed by atoms with Crippen molar-refractivity contribution < 1.29 is 14.6 Å². The molecule has 0 rings (SSSR count). The topological polar surface area (TPSA) is 46.5 Å². The van der Waals surface area contributed by atoms with E-state index < -0.39 is 17.7 Å². The highest BCUT2D eigenvalue weighted by Gasteiger charge is 2.18. The lowest BCUT2D eigenvalue weighted by Crippen LogP contribution is -2.24. The third-order valence-electron chi connectivity index (χ3n) is 4.50. The highest BCUT2D eigenvalue weighted by atomic mass is 16.6. The van der Waals surface area contributed by atoms with E-state index in [0.717, 1.165) is 18.4 Å². The fraction of sp³-hybridized carbons (Fsp3) is 0.593. The van der Waals surface area contributed by atoms with Crippen molar-refractivity contribution >= 4 is 5.97 Å². The lowest BCUT2D eigenvalue weighted by Gasteiger charge is -2.19. The van der Waals surface area contributed by atoms with Gasteiger partial charge < -0.3 is 9.84 Å². The zero-order valence-electron chi connectivity index (χ0n) is 20.9.